The van der Waals surface area contributed by atoms with Gasteiger partial charge in [-0.15, -0.1) is 0 Å². The predicted molar refractivity (Wildman–Crippen MR) is 90.5 cm³/mol. The van der Waals surface area contributed by atoms with Crippen LogP contribution in [0.4, 0.5) is 0 Å². The predicted octanol–water partition coefficient (Wildman–Crippen LogP) is 2.13. The molecule has 126 valence electrons. The Balaban J connectivity index is 2.37. The molecule has 0 heterocycles. The largest absolute Gasteiger partial charge is 0.481 e. The van der Waals surface area contributed by atoms with Crippen LogP contribution in [-0.2, 0) is 16.6 Å². The van der Waals surface area contributed by atoms with E-state index in [0.29, 0.717) is 24.3 Å². The lowest BCUT2D eigenvalue weighted by molar-refractivity contribution is -0.145. The van der Waals surface area contributed by atoms with Crippen LogP contribution in [0, 0.1) is 5.92 Å². The van der Waals surface area contributed by atoms with Crippen molar-refractivity contribution in [1.82, 2.24) is 0 Å². The van der Waals surface area contributed by atoms with E-state index in [2.05, 4.69) is 0 Å². The lowest BCUT2D eigenvalue weighted by Gasteiger charge is -2.29. The summed E-state index contributed by atoms with van der Waals surface area (Å²) in [6.07, 6.45) is 2.04. The molecule has 0 fully saturated rings. The molecule has 0 saturated carbocycles. The van der Waals surface area contributed by atoms with Crippen molar-refractivity contribution in [2.45, 2.75) is 50.9 Å². The number of fused-ring (bicyclic) bond motifs is 1. The Kier molecular flexibility index (Phi) is 5.41. The Labute approximate surface area is 141 Å². The van der Waals surface area contributed by atoms with Crippen molar-refractivity contribution in [2.24, 2.45) is 11.7 Å². The molecule has 0 radical (unpaired) electrons. The Morgan fingerprint density at radius 1 is 1.52 bits per heavy atom. The Hall–Kier alpha value is -1.08. The molecule has 3 atom stereocenters. The summed E-state index contributed by atoms with van der Waals surface area (Å²) in [5.41, 5.74) is 7.40. The van der Waals surface area contributed by atoms with Crippen LogP contribution in [0.5, 0.6) is 0 Å². The van der Waals surface area contributed by atoms with Crippen molar-refractivity contribution in [3.05, 3.63) is 33.8 Å². The Bertz CT molecular complexity index is 608. The summed E-state index contributed by atoms with van der Waals surface area (Å²) < 4.78 is 0. The number of aliphatic carboxylic acids is 1. The minimum Gasteiger partial charge on any atom is -0.481 e. The molecular weight excluding hydrogens is 316 g/mol. The van der Waals surface area contributed by atoms with Gasteiger partial charge in [0.2, 0.25) is 0 Å². The minimum atomic E-state index is -1.35. The molecule has 5 nitrogen and oxygen atoms in total. The lowest BCUT2D eigenvalue weighted by Crippen LogP contribution is -2.37. The van der Waals surface area contributed by atoms with Crippen LogP contribution in [-0.4, -0.2) is 28.2 Å². The molecule has 5 N–H and O–H groups in total. The van der Waals surface area contributed by atoms with Crippen molar-refractivity contribution >= 4 is 24.7 Å². The van der Waals surface area contributed by atoms with E-state index in [9.17, 15) is 9.90 Å². The molecule has 0 bridgehead atoms. The second kappa shape index (κ2) is 6.81. The molecule has 1 aromatic rings. The Morgan fingerprint density at radius 3 is 2.70 bits per heavy atom. The maximum atomic E-state index is 12.0. The molecule has 2 rings (SSSR count). The van der Waals surface area contributed by atoms with Crippen LogP contribution >= 0.6 is 11.6 Å². The third-order valence-electron chi connectivity index (χ3n) is 5.01. The number of nitrogens with two attached hydrogens (primary N) is 1. The van der Waals surface area contributed by atoms with Gasteiger partial charge in [0.1, 0.15) is 0 Å². The van der Waals surface area contributed by atoms with Crippen LogP contribution in [0.1, 0.15) is 49.4 Å². The summed E-state index contributed by atoms with van der Waals surface area (Å²) in [4.78, 5) is 12.0. The van der Waals surface area contributed by atoms with E-state index in [1.165, 1.54) is 0 Å². The van der Waals surface area contributed by atoms with Gasteiger partial charge in [-0.2, -0.15) is 0 Å². The van der Waals surface area contributed by atoms with Gasteiger partial charge >= 0.3 is 13.1 Å². The molecule has 0 aliphatic heterocycles. The summed E-state index contributed by atoms with van der Waals surface area (Å²) in [5.74, 6) is -0.975. The van der Waals surface area contributed by atoms with Gasteiger partial charge in [-0.25, -0.2) is 0 Å². The highest BCUT2D eigenvalue weighted by Crippen LogP contribution is 2.47. The summed E-state index contributed by atoms with van der Waals surface area (Å²) in [7, 11) is -1.35. The zero-order valence-electron chi connectivity index (χ0n) is 13.4. The lowest BCUT2D eigenvalue weighted by atomic mass is 9.72. The van der Waals surface area contributed by atoms with E-state index >= 15 is 0 Å². The molecule has 0 amide bonds. The maximum absolute atomic E-state index is 12.0. The maximum Gasteiger partial charge on any atom is 0.451 e. The van der Waals surface area contributed by atoms with E-state index < -0.39 is 18.5 Å². The van der Waals surface area contributed by atoms with Crippen molar-refractivity contribution in [1.29, 1.82) is 0 Å². The first-order valence-corrected chi connectivity index (χ1v) is 8.23. The molecule has 0 unspecified atom stereocenters. The number of carboxylic acids is 1. The fourth-order valence-corrected chi connectivity index (χ4v) is 3.91. The molecule has 0 aromatic heterocycles. The van der Waals surface area contributed by atoms with E-state index in [1.54, 1.807) is 6.92 Å². The fourth-order valence-electron chi connectivity index (χ4n) is 3.55. The summed E-state index contributed by atoms with van der Waals surface area (Å²) >= 11 is 6.28. The van der Waals surface area contributed by atoms with Gasteiger partial charge in [-0.05, 0) is 61.7 Å². The van der Waals surface area contributed by atoms with E-state index in [4.69, 9.17) is 27.4 Å². The van der Waals surface area contributed by atoms with Gasteiger partial charge < -0.3 is 20.9 Å². The molecule has 0 spiro atoms. The fraction of sp³-hybridized carbons (Fsp3) is 0.562. The van der Waals surface area contributed by atoms with Crippen LogP contribution in [0.15, 0.2) is 12.1 Å². The van der Waals surface area contributed by atoms with Crippen molar-refractivity contribution < 1.29 is 19.9 Å². The molecular formula is C16H23BClNO4. The van der Waals surface area contributed by atoms with E-state index in [0.717, 1.165) is 16.7 Å². The first-order valence-electron chi connectivity index (χ1n) is 7.85. The van der Waals surface area contributed by atoms with Gasteiger partial charge in [0.25, 0.3) is 0 Å². The molecule has 0 saturated heterocycles. The number of hydrogen-bond acceptors (Lipinski definition) is 4. The van der Waals surface area contributed by atoms with Gasteiger partial charge in [-0.1, -0.05) is 24.1 Å². The van der Waals surface area contributed by atoms with E-state index in [-0.39, 0.29) is 18.3 Å². The highest BCUT2D eigenvalue weighted by atomic mass is 35.5. The normalized spacial score (nSPS) is 24.3. The third kappa shape index (κ3) is 3.40. The smallest absolute Gasteiger partial charge is 0.451 e. The van der Waals surface area contributed by atoms with Crippen LogP contribution in [0.3, 0.4) is 0 Å². The van der Waals surface area contributed by atoms with Gasteiger partial charge in [0.15, 0.2) is 0 Å². The third-order valence-corrected chi connectivity index (χ3v) is 5.34. The SMILES string of the molecule is C[C@H](N)c1cc2c(cc1Cl)C[C@H](CCCB(O)O)[C@]2(C)C(=O)O. The molecule has 1 aliphatic carbocycles. The number of carbonyl (C=O) groups is 1. The highest BCUT2D eigenvalue weighted by molar-refractivity contribution is 6.40. The van der Waals surface area contributed by atoms with Crippen LogP contribution < -0.4 is 5.73 Å². The van der Waals surface area contributed by atoms with Crippen molar-refractivity contribution in [3.63, 3.8) is 0 Å². The highest BCUT2D eigenvalue weighted by Gasteiger charge is 2.49. The Morgan fingerprint density at radius 2 is 2.17 bits per heavy atom. The summed E-state index contributed by atoms with van der Waals surface area (Å²) in [6.45, 7) is 3.56. The monoisotopic (exact) mass is 339 g/mol. The quantitative estimate of drug-likeness (QED) is 0.594. The van der Waals surface area contributed by atoms with Crippen molar-refractivity contribution in [3.8, 4) is 0 Å². The van der Waals surface area contributed by atoms with Gasteiger partial charge in [0, 0.05) is 11.1 Å². The van der Waals surface area contributed by atoms with Crippen LogP contribution in [0.25, 0.3) is 0 Å². The molecule has 7 heteroatoms. The molecule has 23 heavy (non-hydrogen) atoms. The van der Waals surface area contributed by atoms with Crippen molar-refractivity contribution in [2.75, 3.05) is 0 Å². The standard InChI is InChI=1S/C16H23BClNO4/c1-9(19)12-8-13-10(7-14(12)18)6-11(4-3-5-17(22)23)16(13,2)15(20)21/h7-9,11,22-23H,3-6,19H2,1-2H3,(H,20,21)/t9-,11-,16-/m0/s1. The number of rotatable bonds is 6. The first kappa shape index (κ1) is 18.3. The minimum absolute atomic E-state index is 0.104. The average Bonchev–Trinajstić information content (AvgIpc) is 2.71. The average molecular weight is 340 g/mol. The number of hydrogen-bond donors (Lipinski definition) is 4. The summed E-state index contributed by atoms with van der Waals surface area (Å²) in [6, 6.07) is 3.39. The molecule has 1 aliphatic rings. The summed E-state index contributed by atoms with van der Waals surface area (Å²) in [5, 5.41) is 28.4. The van der Waals surface area contributed by atoms with Crippen LogP contribution in [0.2, 0.25) is 11.3 Å². The van der Waals surface area contributed by atoms with Gasteiger partial charge in [0.05, 0.1) is 5.41 Å². The number of carboxylic acid groups (broad SMARTS) is 1. The topological polar surface area (TPSA) is 104 Å². The van der Waals surface area contributed by atoms with E-state index in [1.807, 2.05) is 19.1 Å². The van der Waals surface area contributed by atoms with Gasteiger partial charge in [-0.3, -0.25) is 4.79 Å². The zero-order valence-corrected chi connectivity index (χ0v) is 14.2. The number of benzene rings is 1. The number of halogens is 1. The first-order chi connectivity index (χ1) is 10.7. The molecule has 1 aromatic carbocycles. The second-order valence-electron chi connectivity index (χ2n) is 6.64. The zero-order chi connectivity index (χ0) is 17.4. The second-order valence-corrected chi connectivity index (χ2v) is 7.05.